The number of ether oxygens (including phenoxy) is 4. The first kappa shape index (κ1) is 28.5. The van der Waals surface area contributed by atoms with Crippen molar-refractivity contribution >= 4 is 28.8 Å². The van der Waals surface area contributed by atoms with Gasteiger partial charge in [0, 0.05) is 36.0 Å². The number of cyclic esters (lactones) is 1. The molecule has 10 nitrogen and oxygen atoms in total. The predicted molar refractivity (Wildman–Crippen MR) is 149 cm³/mol. The number of benzene rings is 1. The minimum absolute atomic E-state index is 0.0186. The van der Waals surface area contributed by atoms with Crippen LogP contribution < -0.4 is 5.56 Å². The molecule has 0 fully saturated rings. The molecule has 5 rings (SSSR count). The summed E-state index contributed by atoms with van der Waals surface area (Å²) in [4.78, 5) is 56.5. The Kier molecular flexibility index (Phi) is 8.21. The molecule has 1 atom stereocenters. The van der Waals surface area contributed by atoms with Gasteiger partial charge in [-0.3, -0.25) is 14.4 Å². The quantitative estimate of drug-likeness (QED) is 0.151. The van der Waals surface area contributed by atoms with E-state index in [1.165, 1.54) is 0 Å². The second-order valence-corrected chi connectivity index (χ2v) is 10.8. The number of nitrogens with zero attached hydrogens (tertiary/aromatic N) is 2. The number of hydrogen-bond acceptors (Lipinski definition) is 9. The van der Waals surface area contributed by atoms with Crippen LogP contribution in [-0.2, 0) is 52.1 Å². The van der Waals surface area contributed by atoms with Crippen molar-refractivity contribution in [1.82, 2.24) is 9.55 Å². The Morgan fingerprint density at radius 1 is 1.10 bits per heavy atom. The Balaban J connectivity index is 1.32. The van der Waals surface area contributed by atoms with Gasteiger partial charge in [-0.05, 0) is 37.0 Å². The Hall–Kier alpha value is -4.05. The Morgan fingerprint density at radius 2 is 1.88 bits per heavy atom. The molecule has 0 saturated carbocycles. The van der Waals surface area contributed by atoms with Crippen LogP contribution in [0.4, 0.5) is 0 Å². The van der Waals surface area contributed by atoms with Crippen LogP contribution in [0.15, 0.2) is 41.2 Å². The fraction of sp³-hybridized carbons (Fsp3) is 0.452. The van der Waals surface area contributed by atoms with Gasteiger partial charge in [-0.15, -0.1) is 0 Å². The van der Waals surface area contributed by atoms with Gasteiger partial charge in [-0.25, -0.2) is 9.78 Å². The third-order valence-corrected chi connectivity index (χ3v) is 7.38. The van der Waals surface area contributed by atoms with Gasteiger partial charge in [-0.2, -0.15) is 0 Å². The molecule has 41 heavy (non-hydrogen) atoms. The van der Waals surface area contributed by atoms with E-state index < -0.39 is 23.5 Å². The Labute approximate surface area is 237 Å². The van der Waals surface area contributed by atoms with Gasteiger partial charge in [-0.1, -0.05) is 39.0 Å². The summed E-state index contributed by atoms with van der Waals surface area (Å²) in [6.07, 6.45) is 0.168. The molecule has 10 heteroatoms. The van der Waals surface area contributed by atoms with E-state index in [-0.39, 0.29) is 50.0 Å². The highest BCUT2D eigenvalue weighted by molar-refractivity contribution is 5.88. The average molecular weight is 563 g/mol. The van der Waals surface area contributed by atoms with Crippen LogP contribution in [0.5, 0.6) is 0 Å². The molecule has 216 valence electrons. The van der Waals surface area contributed by atoms with Crippen molar-refractivity contribution in [1.29, 1.82) is 0 Å². The highest BCUT2D eigenvalue weighted by Crippen LogP contribution is 2.41. The lowest BCUT2D eigenvalue weighted by Crippen LogP contribution is -2.47. The predicted octanol–water partition coefficient (Wildman–Crippen LogP) is 4.02. The zero-order valence-electron chi connectivity index (χ0n) is 23.6. The standard InChI is InChI=1S/C31H34N2O8/c1-4-31(41-27(35)11-7-10-26(34)39-13-12-38-17-19(2)3)23-15-25-28-21(14-20-8-5-6-9-24(20)32-28)16-33(25)29(36)22(23)18-40-30(31)37/h5-6,8-9,14-15,19H,4,7,10-13,16-18H2,1-3H3/t31-/m0/s1. The Bertz CT molecular complexity index is 1560. The lowest BCUT2D eigenvalue weighted by molar-refractivity contribution is -0.189. The van der Waals surface area contributed by atoms with E-state index in [0.29, 0.717) is 42.6 Å². The molecule has 2 aromatic heterocycles. The van der Waals surface area contributed by atoms with Crippen molar-refractivity contribution in [3.63, 3.8) is 0 Å². The van der Waals surface area contributed by atoms with Crippen molar-refractivity contribution in [2.24, 2.45) is 5.92 Å². The summed E-state index contributed by atoms with van der Waals surface area (Å²) >= 11 is 0. The molecule has 0 saturated heterocycles. The van der Waals surface area contributed by atoms with Gasteiger partial charge >= 0.3 is 17.9 Å². The van der Waals surface area contributed by atoms with Crippen molar-refractivity contribution in [2.45, 2.75) is 65.2 Å². The first-order valence-corrected chi connectivity index (χ1v) is 14.0. The molecule has 0 bridgehead atoms. The lowest BCUT2D eigenvalue weighted by Gasteiger charge is -2.35. The van der Waals surface area contributed by atoms with Crippen LogP contribution in [0.2, 0.25) is 0 Å². The molecule has 1 aromatic carbocycles. The highest BCUT2D eigenvalue weighted by atomic mass is 16.6. The van der Waals surface area contributed by atoms with E-state index in [1.54, 1.807) is 17.6 Å². The normalized spacial score (nSPS) is 17.1. The van der Waals surface area contributed by atoms with Gasteiger partial charge in [0.25, 0.3) is 5.56 Å². The zero-order chi connectivity index (χ0) is 29.1. The maximum Gasteiger partial charge on any atom is 0.355 e. The molecule has 2 aliphatic heterocycles. The molecule has 0 amide bonds. The minimum atomic E-state index is -1.77. The first-order valence-electron chi connectivity index (χ1n) is 14.0. The molecule has 0 N–H and O–H groups in total. The minimum Gasteiger partial charge on any atom is -0.463 e. The molecule has 0 spiro atoms. The number of carbonyl (C=O) groups excluding carboxylic acids is 3. The van der Waals surface area contributed by atoms with Crippen LogP contribution >= 0.6 is 0 Å². The number of fused-ring (bicyclic) bond motifs is 5. The third kappa shape index (κ3) is 5.61. The maximum atomic E-state index is 13.6. The topological polar surface area (TPSA) is 123 Å². The van der Waals surface area contributed by atoms with Crippen molar-refractivity contribution < 1.29 is 33.3 Å². The van der Waals surface area contributed by atoms with E-state index in [4.69, 9.17) is 23.9 Å². The number of para-hydroxylation sites is 1. The third-order valence-electron chi connectivity index (χ3n) is 7.38. The second-order valence-electron chi connectivity index (χ2n) is 10.8. The lowest BCUT2D eigenvalue weighted by atomic mass is 9.85. The molecule has 2 aliphatic rings. The van der Waals surface area contributed by atoms with Crippen LogP contribution in [-0.4, -0.2) is 47.3 Å². The molecule has 0 unspecified atom stereocenters. The maximum absolute atomic E-state index is 13.6. The van der Waals surface area contributed by atoms with Crippen molar-refractivity contribution in [2.75, 3.05) is 19.8 Å². The molecule has 0 aliphatic carbocycles. The number of esters is 3. The molecule has 0 radical (unpaired) electrons. The molecule has 3 aromatic rings. The highest BCUT2D eigenvalue weighted by Gasteiger charge is 2.50. The van der Waals surface area contributed by atoms with Crippen LogP contribution in [0.1, 0.15) is 63.1 Å². The number of pyridine rings is 2. The molecule has 4 heterocycles. The summed E-state index contributed by atoms with van der Waals surface area (Å²) in [6.45, 7) is 6.95. The SMILES string of the molecule is CC[C@@]1(OC(=O)CCCC(=O)OCCOCC(C)C)C(=O)OCc2c1cc1n(c2=O)Cc2cc3ccccc3nc2-1. The fourth-order valence-electron chi connectivity index (χ4n) is 5.31. The number of carbonyl (C=O) groups is 3. The van der Waals surface area contributed by atoms with Gasteiger partial charge < -0.3 is 23.5 Å². The summed E-state index contributed by atoms with van der Waals surface area (Å²) in [5.41, 5.74) is 1.44. The van der Waals surface area contributed by atoms with Gasteiger partial charge in [0.05, 0.1) is 35.6 Å². The van der Waals surface area contributed by atoms with Crippen molar-refractivity contribution in [3.8, 4) is 11.4 Å². The summed E-state index contributed by atoms with van der Waals surface area (Å²) in [7, 11) is 0. The average Bonchev–Trinajstić information content (AvgIpc) is 3.31. The van der Waals surface area contributed by atoms with E-state index in [9.17, 15) is 19.2 Å². The smallest absolute Gasteiger partial charge is 0.355 e. The zero-order valence-corrected chi connectivity index (χ0v) is 23.6. The summed E-state index contributed by atoms with van der Waals surface area (Å²) in [6, 6.07) is 11.5. The van der Waals surface area contributed by atoms with E-state index >= 15 is 0 Å². The largest absolute Gasteiger partial charge is 0.463 e. The number of rotatable bonds is 11. The molecular weight excluding hydrogens is 528 g/mol. The van der Waals surface area contributed by atoms with Crippen LogP contribution in [0.3, 0.4) is 0 Å². The number of aromatic nitrogens is 2. The van der Waals surface area contributed by atoms with Crippen LogP contribution in [0, 0.1) is 5.92 Å². The summed E-state index contributed by atoms with van der Waals surface area (Å²) in [5, 5.41) is 0.968. The summed E-state index contributed by atoms with van der Waals surface area (Å²) in [5.74, 6) is -1.45. The van der Waals surface area contributed by atoms with Crippen molar-refractivity contribution in [3.05, 3.63) is 63.4 Å². The fourth-order valence-corrected chi connectivity index (χ4v) is 5.31. The summed E-state index contributed by atoms with van der Waals surface area (Å²) < 4.78 is 23.3. The van der Waals surface area contributed by atoms with Crippen LogP contribution in [0.25, 0.3) is 22.3 Å². The van der Waals surface area contributed by atoms with Gasteiger partial charge in [0.1, 0.15) is 13.2 Å². The Morgan fingerprint density at radius 3 is 2.66 bits per heavy atom. The second kappa shape index (κ2) is 11.8. The van der Waals surface area contributed by atoms with E-state index in [1.807, 2.05) is 44.2 Å². The monoisotopic (exact) mass is 562 g/mol. The van der Waals surface area contributed by atoms with Gasteiger partial charge in [0.15, 0.2) is 0 Å². The van der Waals surface area contributed by atoms with E-state index in [0.717, 1.165) is 16.5 Å². The first-order chi connectivity index (χ1) is 19.7. The van der Waals surface area contributed by atoms with Gasteiger partial charge in [0.2, 0.25) is 5.60 Å². The molecular formula is C31H34N2O8. The van der Waals surface area contributed by atoms with E-state index in [2.05, 4.69) is 0 Å². The number of hydrogen-bond donors (Lipinski definition) is 0.